The third-order valence-corrected chi connectivity index (χ3v) is 4.39. The van der Waals surface area contributed by atoms with Gasteiger partial charge in [0.15, 0.2) is 11.5 Å². The first-order valence-corrected chi connectivity index (χ1v) is 7.83. The summed E-state index contributed by atoms with van der Waals surface area (Å²) in [5.41, 5.74) is 10.7. The lowest BCUT2D eigenvalue weighted by atomic mass is 9.99. The van der Waals surface area contributed by atoms with E-state index in [1.54, 1.807) is 0 Å². The van der Waals surface area contributed by atoms with Crippen LogP contribution in [0.1, 0.15) is 17.5 Å². The Balaban J connectivity index is 1.67. The molecule has 2 heterocycles. The van der Waals surface area contributed by atoms with Crippen molar-refractivity contribution in [3.63, 3.8) is 0 Å². The second-order valence-corrected chi connectivity index (χ2v) is 5.81. The van der Waals surface area contributed by atoms with Gasteiger partial charge in [-0.05, 0) is 36.6 Å². The van der Waals surface area contributed by atoms with Crippen LogP contribution in [-0.4, -0.2) is 19.8 Å². The van der Waals surface area contributed by atoms with Gasteiger partial charge in [-0.25, -0.2) is 0 Å². The molecule has 0 aromatic heterocycles. The number of para-hydroxylation sites is 1. The van der Waals surface area contributed by atoms with Crippen molar-refractivity contribution in [1.29, 1.82) is 0 Å². The number of anilines is 2. The van der Waals surface area contributed by atoms with Crippen LogP contribution in [-0.2, 0) is 13.0 Å². The fraction of sp³-hybridized carbons (Fsp3) is 0.333. The average Bonchev–Trinajstić information content (AvgIpc) is 2.56. The molecule has 0 saturated heterocycles. The van der Waals surface area contributed by atoms with E-state index in [4.69, 9.17) is 15.2 Å². The molecule has 0 atom stereocenters. The molecule has 2 aliphatic heterocycles. The number of hydrogen-bond acceptors (Lipinski definition) is 4. The zero-order valence-electron chi connectivity index (χ0n) is 12.5. The second-order valence-electron chi connectivity index (χ2n) is 5.81. The van der Waals surface area contributed by atoms with Gasteiger partial charge in [-0.2, -0.15) is 0 Å². The number of fused-ring (bicyclic) bond motifs is 2. The van der Waals surface area contributed by atoms with Crippen LogP contribution in [0.25, 0.3) is 0 Å². The fourth-order valence-electron chi connectivity index (χ4n) is 3.36. The van der Waals surface area contributed by atoms with E-state index in [0.717, 1.165) is 43.1 Å². The van der Waals surface area contributed by atoms with Crippen molar-refractivity contribution < 1.29 is 9.47 Å². The van der Waals surface area contributed by atoms with E-state index in [1.807, 2.05) is 24.3 Å². The van der Waals surface area contributed by atoms with Gasteiger partial charge < -0.3 is 20.1 Å². The van der Waals surface area contributed by atoms with Crippen LogP contribution in [0.3, 0.4) is 0 Å². The summed E-state index contributed by atoms with van der Waals surface area (Å²) >= 11 is 0. The Morgan fingerprint density at radius 1 is 1.05 bits per heavy atom. The number of rotatable bonds is 2. The maximum atomic E-state index is 6.14. The zero-order chi connectivity index (χ0) is 14.9. The van der Waals surface area contributed by atoms with Crippen molar-refractivity contribution in [1.82, 2.24) is 0 Å². The van der Waals surface area contributed by atoms with Gasteiger partial charge in [-0.1, -0.05) is 18.2 Å². The molecule has 0 fully saturated rings. The predicted octanol–water partition coefficient (Wildman–Crippen LogP) is 2.99. The van der Waals surface area contributed by atoms with Gasteiger partial charge in [-0.15, -0.1) is 0 Å². The van der Waals surface area contributed by atoms with Gasteiger partial charge in [0.25, 0.3) is 0 Å². The van der Waals surface area contributed by atoms with Crippen molar-refractivity contribution in [2.24, 2.45) is 0 Å². The summed E-state index contributed by atoms with van der Waals surface area (Å²) in [5, 5.41) is 0. The molecule has 2 aromatic rings. The second kappa shape index (κ2) is 5.44. The third kappa shape index (κ3) is 2.25. The monoisotopic (exact) mass is 296 g/mol. The normalized spacial score (nSPS) is 16.3. The highest BCUT2D eigenvalue weighted by Gasteiger charge is 2.22. The number of nitrogen functional groups attached to an aromatic ring is 1. The van der Waals surface area contributed by atoms with Crippen molar-refractivity contribution >= 4 is 11.4 Å². The number of ether oxygens (including phenoxy) is 2. The van der Waals surface area contributed by atoms with E-state index in [0.29, 0.717) is 13.2 Å². The van der Waals surface area contributed by atoms with Gasteiger partial charge in [0.05, 0.1) is 0 Å². The van der Waals surface area contributed by atoms with E-state index in [9.17, 15) is 0 Å². The number of hydrogen-bond donors (Lipinski definition) is 1. The average molecular weight is 296 g/mol. The van der Waals surface area contributed by atoms with Crippen molar-refractivity contribution in [3.8, 4) is 11.5 Å². The standard InChI is InChI=1S/C18H20N2O2/c19-15-6-2-7-16-14(15)5-3-9-20(16)12-13-4-1-8-17-18(13)22-11-10-21-17/h1-2,4,6-8H,3,5,9-12,19H2. The first-order chi connectivity index (χ1) is 10.8. The SMILES string of the molecule is Nc1cccc2c1CCCN2Cc1cccc2c1OCCO2. The molecule has 114 valence electrons. The van der Waals surface area contributed by atoms with Crippen LogP contribution < -0.4 is 20.1 Å². The van der Waals surface area contributed by atoms with E-state index in [2.05, 4.69) is 17.0 Å². The Morgan fingerprint density at radius 2 is 1.91 bits per heavy atom. The smallest absolute Gasteiger partial charge is 0.166 e. The first-order valence-electron chi connectivity index (χ1n) is 7.83. The molecule has 4 heteroatoms. The van der Waals surface area contributed by atoms with Crippen molar-refractivity contribution in [3.05, 3.63) is 47.5 Å². The molecular formula is C18H20N2O2. The topological polar surface area (TPSA) is 47.7 Å². The molecule has 2 aromatic carbocycles. The van der Waals surface area contributed by atoms with E-state index in [1.165, 1.54) is 16.8 Å². The summed E-state index contributed by atoms with van der Waals surface area (Å²) in [6.07, 6.45) is 2.19. The highest BCUT2D eigenvalue weighted by atomic mass is 16.6. The minimum atomic E-state index is 0.619. The fourth-order valence-corrected chi connectivity index (χ4v) is 3.36. The largest absolute Gasteiger partial charge is 0.486 e. The first kappa shape index (κ1) is 13.3. The van der Waals surface area contributed by atoms with E-state index >= 15 is 0 Å². The molecule has 0 bridgehead atoms. The Hall–Kier alpha value is -2.36. The Labute approximate surface area is 130 Å². The summed E-state index contributed by atoms with van der Waals surface area (Å²) in [7, 11) is 0. The number of nitrogens with two attached hydrogens (primary N) is 1. The summed E-state index contributed by atoms with van der Waals surface area (Å²) in [6, 6.07) is 12.3. The molecule has 4 nitrogen and oxygen atoms in total. The maximum absolute atomic E-state index is 6.14. The van der Waals surface area contributed by atoms with Crippen molar-refractivity contribution in [2.75, 3.05) is 30.4 Å². The van der Waals surface area contributed by atoms with Crippen LogP contribution in [0.5, 0.6) is 11.5 Å². The summed E-state index contributed by atoms with van der Waals surface area (Å²) in [5.74, 6) is 1.75. The molecule has 0 saturated carbocycles. The van der Waals surface area contributed by atoms with Gasteiger partial charge in [0.1, 0.15) is 13.2 Å². The van der Waals surface area contributed by atoms with Crippen LogP contribution >= 0.6 is 0 Å². The van der Waals surface area contributed by atoms with Crippen molar-refractivity contribution in [2.45, 2.75) is 19.4 Å². The van der Waals surface area contributed by atoms with Gasteiger partial charge >= 0.3 is 0 Å². The van der Waals surface area contributed by atoms with Gasteiger partial charge in [-0.3, -0.25) is 0 Å². The van der Waals surface area contributed by atoms with Gasteiger partial charge in [0.2, 0.25) is 0 Å². The minimum Gasteiger partial charge on any atom is -0.486 e. The molecule has 0 unspecified atom stereocenters. The van der Waals surface area contributed by atoms with E-state index in [-0.39, 0.29) is 0 Å². The highest BCUT2D eigenvalue weighted by molar-refractivity contribution is 5.66. The Kier molecular flexibility index (Phi) is 3.29. The third-order valence-electron chi connectivity index (χ3n) is 4.39. The van der Waals surface area contributed by atoms with Gasteiger partial charge in [0, 0.05) is 30.0 Å². The minimum absolute atomic E-state index is 0.619. The zero-order valence-corrected chi connectivity index (χ0v) is 12.5. The molecule has 2 N–H and O–H groups in total. The quantitative estimate of drug-likeness (QED) is 0.866. The lowest BCUT2D eigenvalue weighted by Crippen LogP contribution is -2.30. The molecule has 0 aliphatic carbocycles. The van der Waals surface area contributed by atoms with Crippen LogP contribution in [0, 0.1) is 0 Å². The predicted molar refractivity (Wildman–Crippen MR) is 87.7 cm³/mol. The van der Waals surface area contributed by atoms with E-state index < -0.39 is 0 Å². The molecule has 0 spiro atoms. The Bertz CT molecular complexity index is 699. The molecule has 22 heavy (non-hydrogen) atoms. The molecule has 2 aliphatic rings. The lowest BCUT2D eigenvalue weighted by molar-refractivity contribution is 0.170. The molecule has 0 amide bonds. The summed E-state index contributed by atoms with van der Waals surface area (Å²) in [4.78, 5) is 2.39. The highest BCUT2D eigenvalue weighted by Crippen LogP contribution is 2.37. The number of nitrogens with zero attached hydrogens (tertiary/aromatic N) is 1. The lowest BCUT2D eigenvalue weighted by Gasteiger charge is -2.33. The molecule has 4 rings (SSSR count). The summed E-state index contributed by atoms with van der Waals surface area (Å²) < 4.78 is 11.5. The van der Waals surface area contributed by atoms with Crippen LogP contribution in [0.4, 0.5) is 11.4 Å². The molecular weight excluding hydrogens is 276 g/mol. The van der Waals surface area contributed by atoms with Crippen LogP contribution in [0.2, 0.25) is 0 Å². The number of benzene rings is 2. The van der Waals surface area contributed by atoms with Crippen LogP contribution in [0.15, 0.2) is 36.4 Å². The maximum Gasteiger partial charge on any atom is 0.166 e. The summed E-state index contributed by atoms with van der Waals surface area (Å²) in [6.45, 7) is 3.11. The Morgan fingerprint density at radius 3 is 2.86 bits per heavy atom. The molecule has 0 radical (unpaired) electrons.